The van der Waals surface area contributed by atoms with Crippen LogP contribution in [0.3, 0.4) is 0 Å². The third-order valence-electron chi connectivity index (χ3n) is 2.40. The standard InChI is InChI=1S/C14H13BrClNO/c1-17-9-10-3-2-4-12(7-10)18-14-6-5-11(15)8-13(14)16/h2-8,17H,9H2,1H3. The molecule has 0 saturated heterocycles. The van der Waals surface area contributed by atoms with E-state index < -0.39 is 0 Å². The van der Waals surface area contributed by atoms with Crippen molar-refractivity contribution in [2.24, 2.45) is 0 Å². The fourth-order valence-corrected chi connectivity index (χ4v) is 2.32. The number of nitrogens with one attached hydrogen (secondary N) is 1. The topological polar surface area (TPSA) is 21.3 Å². The van der Waals surface area contributed by atoms with Gasteiger partial charge in [-0.2, -0.15) is 0 Å². The lowest BCUT2D eigenvalue weighted by Crippen LogP contribution is -2.04. The van der Waals surface area contributed by atoms with E-state index in [9.17, 15) is 0 Å². The van der Waals surface area contributed by atoms with Crippen LogP contribution in [-0.4, -0.2) is 7.05 Å². The largest absolute Gasteiger partial charge is 0.456 e. The number of benzene rings is 2. The van der Waals surface area contributed by atoms with E-state index in [0.29, 0.717) is 10.8 Å². The summed E-state index contributed by atoms with van der Waals surface area (Å²) in [5, 5.41) is 3.69. The first-order chi connectivity index (χ1) is 8.69. The van der Waals surface area contributed by atoms with Crippen LogP contribution >= 0.6 is 27.5 Å². The van der Waals surface area contributed by atoms with Gasteiger partial charge in [0, 0.05) is 11.0 Å². The lowest BCUT2D eigenvalue weighted by atomic mass is 10.2. The molecule has 1 N–H and O–H groups in total. The summed E-state index contributed by atoms with van der Waals surface area (Å²) in [5.41, 5.74) is 1.17. The second-order valence-corrected chi connectivity index (χ2v) is 5.18. The van der Waals surface area contributed by atoms with Crippen LogP contribution < -0.4 is 10.1 Å². The zero-order valence-electron chi connectivity index (χ0n) is 9.91. The molecule has 4 heteroatoms. The molecular weight excluding hydrogens is 314 g/mol. The maximum Gasteiger partial charge on any atom is 0.146 e. The molecule has 0 bridgehead atoms. The third kappa shape index (κ3) is 3.48. The molecule has 0 amide bonds. The van der Waals surface area contributed by atoms with E-state index in [1.54, 1.807) is 0 Å². The predicted octanol–water partition coefficient (Wildman–Crippen LogP) is 4.61. The Morgan fingerprint density at radius 2 is 2.06 bits per heavy atom. The molecule has 2 nitrogen and oxygen atoms in total. The minimum atomic E-state index is 0.586. The molecule has 0 aliphatic carbocycles. The fraction of sp³-hybridized carbons (Fsp3) is 0.143. The quantitative estimate of drug-likeness (QED) is 0.885. The molecule has 0 aliphatic rings. The summed E-state index contributed by atoms with van der Waals surface area (Å²) < 4.78 is 6.70. The van der Waals surface area contributed by atoms with Crippen molar-refractivity contribution in [2.45, 2.75) is 6.54 Å². The van der Waals surface area contributed by atoms with Crippen LogP contribution in [0.5, 0.6) is 11.5 Å². The average Bonchev–Trinajstić information content (AvgIpc) is 2.34. The second kappa shape index (κ2) is 6.23. The maximum atomic E-state index is 6.11. The van der Waals surface area contributed by atoms with Gasteiger partial charge in [0.05, 0.1) is 5.02 Å². The Hall–Kier alpha value is -1.03. The molecule has 2 rings (SSSR count). The van der Waals surface area contributed by atoms with E-state index in [4.69, 9.17) is 16.3 Å². The van der Waals surface area contributed by atoms with Crippen molar-refractivity contribution in [3.63, 3.8) is 0 Å². The van der Waals surface area contributed by atoms with Crippen molar-refractivity contribution in [2.75, 3.05) is 7.05 Å². The molecule has 2 aromatic rings. The molecule has 18 heavy (non-hydrogen) atoms. The monoisotopic (exact) mass is 325 g/mol. The van der Waals surface area contributed by atoms with Crippen molar-refractivity contribution in [1.82, 2.24) is 5.32 Å². The highest BCUT2D eigenvalue weighted by Crippen LogP contribution is 2.31. The van der Waals surface area contributed by atoms with Gasteiger partial charge in [-0.05, 0) is 42.9 Å². The van der Waals surface area contributed by atoms with Gasteiger partial charge in [0.2, 0.25) is 0 Å². The van der Waals surface area contributed by atoms with Crippen LogP contribution in [0.1, 0.15) is 5.56 Å². The molecule has 2 aromatic carbocycles. The van der Waals surface area contributed by atoms with Gasteiger partial charge in [-0.3, -0.25) is 0 Å². The Morgan fingerprint density at radius 3 is 2.78 bits per heavy atom. The van der Waals surface area contributed by atoms with Gasteiger partial charge < -0.3 is 10.1 Å². The number of rotatable bonds is 4. The SMILES string of the molecule is CNCc1cccc(Oc2ccc(Br)cc2Cl)c1. The Bertz CT molecular complexity index is 545. The van der Waals surface area contributed by atoms with E-state index >= 15 is 0 Å². The average molecular weight is 327 g/mol. The van der Waals surface area contributed by atoms with Crippen LogP contribution in [0.25, 0.3) is 0 Å². The Morgan fingerprint density at radius 1 is 1.22 bits per heavy atom. The number of hydrogen-bond donors (Lipinski definition) is 1. The minimum absolute atomic E-state index is 0.586. The van der Waals surface area contributed by atoms with Gasteiger partial charge >= 0.3 is 0 Å². The number of hydrogen-bond acceptors (Lipinski definition) is 2. The van der Waals surface area contributed by atoms with Gasteiger partial charge in [-0.1, -0.05) is 39.7 Å². The number of ether oxygens (including phenoxy) is 1. The molecule has 0 heterocycles. The zero-order valence-corrected chi connectivity index (χ0v) is 12.3. The van der Waals surface area contributed by atoms with E-state index in [1.165, 1.54) is 5.56 Å². The zero-order chi connectivity index (χ0) is 13.0. The molecule has 0 radical (unpaired) electrons. The van der Waals surface area contributed by atoms with Crippen LogP contribution in [-0.2, 0) is 6.54 Å². The van der Waals surface area contributed by atoms with Crippen LogP contribution in [0.2, 0.25) is 5.02 Å². The summed E-state index contributed by atoms with van der Waals surface area (Å²) in [6, 6.07) is 13.5. The van der Waals surface area contributed by atoms with Gasteiger partial charge in [0.1, 0.15) is 11.5 Å². The Labute approximate surface area is 120 Å². The molecule has 0 spiro atoms. The summed E-state index contributed by atoms with van der Waals surface area (Å²) in [4.78, 5) is 0. The normalized spacial score (nSPS) is 10.4. The van der Waals surface area contributed by atoms with Gasteiger partial charge in [0.25, 0.3) is 0 Å². The van der Waals surface area contributed by atoms with Crippen LogP contribution in [0, 0.1) is 0 Å². The van der Waals surface area contributed by atoms with Crippen molar-refractivity contribution in [3.05, 3.63) is 57.5 Å². The Kier molecular flexibility index (Phi) is 4.64. The lowest BCUT2D eigenvalue weighted by Gasteiger charge is -2.09. The van der Waals surface area contributed by atoms with Gasteiger partial charge in [-0.15, -0.1) is 0 Å². The minimum Gasteiger partial charge on any atom is -0.456 e. The van der Waals surface area contributed by atoms with Crippen molar-refractivity contribution in [3.8, 4) is 11.5 Å². The smallest absolute Gasteiger partial charge is 0.146 e. The maximum absolute atomic E-state index is 6.11. The first-order valence-electron chi connectivity index (χ1n) is 5.55. The van der Waals surface area contributed by atoms with E-state index in [-0.39, 0.29) is 0 Å². The van der Waals surface area contributed by atoms with E-state index in [2.05, 4.69) is 21.2 Å². The summed E-state index contributed by atoms with van der Waals surface area (Å²) >= 11 is 9.48. The molecule has 0 aromatic heterocycles. The van der Waals surface area contributed by atoms with Crippen molar-refractivity contribution >= 4 is 27.5 Å². The molecule has 0 saturated carbocycles. The van der Waals surface area contributed by atoms with E-state index in [1.807, 2.05) is 49.5 Å². The highest BCUT2D eigenvalue weighted by atomic mass is 79.9. The summed E-state index contributed by atoms with van der Waals surface area (Å²) in [5.74, 6) is 1.44. The molecule has 0 aliphatic heterocycles. The molecule has 94 valence electrons. The van der Waals surface area contributed by atoms with Crippen LogP contribution in [0.4, 0.5) is 0 Å². The summed E-state index contributed by atoms with van der Waals surface area (Å²) in [6.07, 6.45) is 0. The first kappa shape index (κ1) is 13.4. The number of halogens is 2. The summed E-state index contributed by atoms with van der Waals surface area (Å²) in [7, 11) is 1.92. The lowest BCUT2D eigenvalue weighted by molar-refractivity contribution is 0.482. The van der Waals surface area contributed by atoms with E-state index in [0.717, 1.165) is 16.8 Å². The predicted molar refractivity (Wildman–Crippen MR) is 78.4 cm³/mol. The molecular formula is C14H13BrClNO. The third-order valence-corrected chi connectivity index (χ3v) is 3.19. The molecule has 0 atom stereocenters. The van der Waals surface area contributed by atoms with Gasteiger partial charge in [0.15, 0.2) is 0 Å². The Balaban J connectivity index is 2.20. The van der Waals surface area contributed by atoms with Gasteiger partial charge in [-0.25, -0.2) is 0 Å². The van der Waals surface area contributed by atoms with Crippen molar-refractivity contribution in [1.29, 1.82) is 0 Å². The fourth-order valence-electron chi connectivity index (χ4n) is 1.61. The first-order valence-corrected chi connectivity index (χ1v) is 6.72. The second-order valence-electron chi connectivity index (χ2n) is 3.85. The molecule has 0 unspecified atom stereocenters. The molecule has 0 fully saturated rings. The van der Waals surface area contributed by atoms with Crippen LogP contribution in [0.15, 0.2) is 46.9 Å². The summed E-state index contributed by atoms with van der Waals surface area (Å²) in [6.45, 7) is 0.811. The highest BCUT2D eigenvalue weighted by Gasteiger charge is 2.04. The van der Waals surface area contributed by atoms with Crippen molar-refractivity contribution < 1.29 is 4.74 Å². The highest BCUT2D eigenvalue weighted by molar-refractivity contribution is 9.10.